The normalized spacial score (nSPS) is 15.0. The SMILES string of the molecule is CC1(C)c2ccccc2-c2ccc(-c3cc(-c4ccc5c(c4)C(C)(C)c4ccccc4-5)cc(N(c4cccc5c6c(oc45)=CCCC=6)c4cccc5c4oc4ccccc45)c3)cc21. The van der Waals surface area contributed by atoms with Gasteiger partial charge in [-0.2, -0.15) is 0 Å². The monoisotopic (exact) mass is 811 g/mol. The first kappa shape index (κ1) is 36.3. The molecule has 0 atom stereocenters. The topological polar surface area (TPSA) is 29.5 Å². The zero-order chi connectivity index (χ0) is 42.2. The van der Waals surface area contributed by atoms with E-state index in [0.717, 1.165) is 79.4 Å². The number of para-hydroxylation sites is 3. The maximum atomic E-state index is 6.90. The summed E-state index contributed by atoms with van der Waals surface area (Å²) in [6.45, 7) is 9.45. The highest BCUT2D eigenvalue weighted by atomic mass is 16.3. The molecule has 0 unspecified atom stereocenters. The molecule has 13 rings (SSSR count). The molecule has 0 bridgehead atoms. The molecule has 2 aromatic heterocycles. The highest BCUT2D eigenvalue weighted by molar-refractivity contribution is 6.11. The summed E-state index contributed by atoms with van der Waals surface area (Å²) in [7, 11) is 0. The molecule has 0 spiro atoms. The Morgan fingerprint density at radius 2 is 0.937 bits per heavy atom. The Morgan fingerprint density at radius 3 is 1.59 bits per heavy atom. The van der Waals surface area contributed by atoms with E-state index in [1.165, 1.54) is 60.9 Å². The zero-order valence-electron chi connectivity index (χ0n) is 35.9. The number of hydrogen-bond donors (Lipinski definition) is 0. The number of furan rings is 2. The van der Waals surface area contributed by atoms with E-state index < -0.39 is 0 Å². The van der Waals surface area contributed by atoms with Gasteiger partial charge in [-0.05, 0) is 134 Å². The van der Waals surface area contributed by atoms with Crippen LogP contribution in [0.5, 0.6) is 0 Å². The Morgan fingerprint density at radius 1 is 0.413 bits per heavy atom. The van der Waals surface area contributed by atoms with Crippen LogP contribution in [0.4, 0.5) is 17.1 Å². The van der Waals surface area contributed by atoms with Gasteiger partial charge in [0.2, 0.25) is 0 Å². The van der Waals surface area contributed by atoms with Crippen molar-refractivity contribution >= 4 is 62.1 Å². The molecule has 0 fully saturated rings. The van der Waals surface area contributed by atoms with Crippen molar-refractivity contribution in [2.45, 2.75) is 51.4 Å². The Bertz CT molecular complexity index is 3580. The number of hydrogen-bond acceptors (Lipinski definition) is 3. The predicted molar refractivity (Wildman–Crippen MR) is 262 cm³/mol. The van der Waals surface area contributed by atoms with Crippen LogP contribution in [0, 0.1) is 0 Å². The van der Waals surface area contributed by atoms with Crippen LogP contribution >= 0.6 is 0 Å². The van der Waals surface area contributed by atoms with Crippen molar-refractivity contribution in [2.75, 3.05) is 4.90 Å². The van der Waals surface area contributed by atoms with Crippen LogP contribution in [0.3, 0.4) is 0 Å². The van der Waals surface area contributed by atoms with Gasteiger partial charge in [0.15, 0.2) is 11.2 Å². The fourth-order valence-electron chi connectivity index (χ4n) is 11.3. The Kier molecular flexibility index (Phi) is 7.54. The highest BCUT2D eigenvalue weighted by Gasteiger charge is 2.37. The minimum absolute atomic E-state index is 0.131. The van der Waals surface area contributed by atoms with Crippen molar-refractivity contribution in [3.63, 3.8) is 0 Å². The van der Waals surface area contributed by atoms with Gasteiger partial charge >= 0.3 is 0 Å². The third kappa shape index (κ3) is 5.20. The second kappa shape index (κ2) is 13.1. The quantitative estimate of drug-likeness (QED) is 0.173. The van der Waals surface area contributed by atoms with E-state index in [1.807, 2.05) is 6.07 Å². The van der Waals surface area contributed by atoms with Crippen molar-refractivity contribution in [3.8, 4) is 44.5 Å². The standard InChI is InChI=1S/C60H45NO2/c1-59(2)49-21-9-5-15-41(49)43-29-27-36(34-51(43)59)38-31-39(37-28-30-44-42-16-6-10-22-50(42)60(3,4)52(44)35-37)33-40(32-38)61(53-23-13-19-47-45-17-7-11-25-55(45)62-57(47)53)54-24-14-20-48-46-18-8-12-26-56(46)63-58(48)54/h5-7,9-11,13-35H,8,12H2,1-4H3. The van der Waals surface area contributed by atoms with Crippen LogP contribution in [0.15, 0.2) is 173 Å². The summed E-state index contributed by atoms with van der Waals surface area (Å²) in [6, 6.07) is 60.6. The molecule has 0 amide bonds. The summed E-state index contributed by atoms with van der Waals surface area (Å²) in [6.07, 6.45) is 6.55. The maximum absolute atomic E-state index is 6.90. The molecule has 0 saturated heterocycles. The Balaban J connectivity index is 1.10. The van der Waals surface area contributed by atoms with Crippen LogP contribution in [-0.4, -0.2) is 0 Å². The molecule has 0 N–H and O–H groups in total. The van der Waals surface area contributed by atoms with Crippen LogP contribution in [0.1, 0.15) is 62.8 Å². The molecule has 3 aliphatic carbocycles. The van der Waals surface area contributed by atoms with Gasteiger partial charge in [-0.15, -0.1) is 0 Å². The first-order valence-electron chi connectivity index (χ1n) is 22.3. The van der Waals surface area contributed by atoms with Gasteiger partial charge in [0.25, 0.3) is 0 Å². The van der Waals surface area contributed by atoms with Crippen molar-refractivity contribution in [2.24, 2.45) is 0 Å². The summed E-state index contributed by atoms with van der Waals surface area (Å²) in [5, 5.41) is 4.48. The number of benzene rings is 8. The van der Waals surface area contributed by atoms with Crippen molar-refractivity contribution in [1.82, 2.24) is 0 Å². The Labute approximate surface area is 366 Å². The van der Waals surface area contributed by atoms with Gasteiger partial charge in [-0.3, -0.25) is 0 Å². The molecule has 3 heteroatoms. The fourth-order valence-corrected chi connectivity index (χ4v) is 11.3. The van der Waals surface area contributed by atoms with Crippen LogP contribution in [0.25, 0.3) is 89.6 Å². The lowest BCUT2D eigenvalue weighted by Gasteiger charge is -2.27. The highest BCUT2D eigenvalue weighted by Crippen LogP contribution is 2.53. The number of nitrogens with zero attached hydrogens (tertiary/aromatic N) is 1. The maximum Gasteiger partial charge on any atom is 0.159 e. The van der Waals surface area contributed by atoms with Gasteiger partial charge in [0, 0.05) is 37.9 Å². The molecule has 2 heterocycles. The largest absolute Gasteiger partial charge is 0.454 e. The lowest BCUT2D eigenvalue weighted by Crippen LogP contribution is -2.21. The molecule has 8 aromatic carbocycles. The first-order chi connectivity index (χ1) is 30.7. The second-order valence-electron chi connectivity index (χ2n) is 18.7. The lowest BCUT2D eigenvalue weighted by molar-refractivity contribution is 0.572. The van der Waals surface area contributed by atoms with Crippen LogP contribution in [-0.2, 0) is 10.8 Å². The van der Waals surface area contributed by atoms with E-state index in [1.54, 1.807) is 0 Å². The van der Waals surface area contributed by atoms with Gasteiger partial charge in [-0.1, -0.05) is 149 Å². The van der Waals surface area contributed by atoms with E-state index in [-0.39, 0.29) is 10.8 Å². The molecule has 3 aliphatic rings. The average Bonchev–Trinajstić information content (AvgIpc) is 4.02. The second-order valence-corrected chi connectivity index (χ2v) is 18.7. The van der Waals surface area contributed by atoms with Gasteiger partial charge < -0.3 is 13.7 Å². The molecule has 10 aromatic rings. The summed E-state index contributed by atoms with van der Waals surface area (Å²) < 4.78 is 13.7. The number of fused-ring (bicyclic) bond motifs is 12. The summed E-state index contributed by atoms with van der Waals surface area (Å²) >= 11 is 0. The Hall–Kier alpha value is -7.36. The molecule has 302 valence electrons. The third-order valence-electron chi connectivity index (χ3n) is 14.5. The van der Waals surface area contributed by atoms with Crippen molar-refractivity contribution < 1.29 is 8.83 Å². The number of anilines is 3. The van der Waals surface area contributed by atoms with E-state index >= 15 is 0 Å². The van der Waals surface area contributed by atoms with Gasteiger partial charge in [-0.25, -0.2) is 0 Å². The van der Waals surface area contributed by atoms with E-state index in [2.05, 4.69) is 202 Å². The van der Waals surface area contributed by atoms with E-state index in [4.69, 9.17) is 8.83 Å². The van der Waals surface area contributed by atoms with Crippen LogP contribution < -0.4 is 15.5 Å². The van der Waals surface area contributed by atoms with Gasteiger partial charge in [0.05, 0.1) is 11.4 Å². The van der Waals surface area contributed by atoms with Crippen LogP contribution in [0.2, 0.25) is 0 Å². The first-order valence-corrected chi connectivity index (χ1v) is 22.3. The molecule has 3 nitrogen and oxygen atoms in total. The van der Waals surface area contributed by atoms with E-state index in [0.29, 0.717) is 0 Å². The predicted octanol–water partition coefficient (Wildman–Crippen LogP) is 15.1. The van der Waals surface area contributed by atoms with Crippen molar-refractivity contribution in [1.29, 1.82) is 0 Å². The summed E-state index contributed by atoms with van der Waals surface area (Å²) in [4.78, 5) is 2.38. The summed E-state index contributed by atoms with van der Waals surface area (Å²) in [5.41, 5.74) is 21.6. The molecule has 0 radical (unpaired) electrons. The minimum Gasteiger partial charge on any atom is -0.454 e. The lowest BCUT2D eigenvalue weighted by atomic mass is 9.81. The molecule has 63 heavy (non-hydrogen) atoms. The van der Waals surface area contributed by atoms with E-state index in [9.17, 15) is 0 Å². The summed E-state index contributed by atoms with van der Waals surface area (Å²) in [5.74, 6) is 0. The molecular weight excluding hydrogens is 767 g/mol. The number of rotatable bonds is 5. The van der Waals surface area contributed by atoms with Gasteiger partial charge in [0.1, 0.15) is 11.0 Å². The fraction of sp³-hybridized carbons (Fsp3) is 0.133. The molecule has 0 aliphatic heterocycles. The minimum atomic E-state index is -0.131. The smallest absolute Gasteiger partial charge is 0.159 e. The molecule has 0 saturated carbocycles. The molecular formula is C60H45NO2. The third-order valence-corrected chi connectivity index (χ3v) is 14.5. The average molecular weight is 812 g/mol. The zero-order valence-corrected chi connectivity index (χ0v) is 35.9. The van der Waals surface area contributed by atoms with Crippen molar-refractivity contribution in [3.05, 3.63) is 197 Å².